The van der Waals surface area contributed by atoms with Crippen LogP contribution in [0.4, 0.5) is 17.1 Å². The number of benzene rings is 1. The number of nitro groups is 2. The topological polar surface area (TPSA) is 166 Å². The standard InChI is InChI=1S/C14H17N5O7/c1-4-26-14(21)13(15-9(3)20)8(2)16-17-11-6-5-10(18(22)23)7-12(11)19(24)25/h5-7,13,17H,4H2,1-3H3,(H,15,20)/b16-8-/t13-/m1/s1. The second-order valence-corrected chi connectivity index (χ2v) is 4.97. The molecule has 0 aromatic heterocycles. The summed E-state index contributed by atoms with van der Waals surface area (Å²) in [7, 11) is 0. The van der Waals surface area contributed by atoms with E-state index in [4.69, 9.17) is 4.74 Å². The molecule has 2 N–H and O–H groups in total. The van der Waals surface area contributed by atoms with Crippen LogP contribution in [-0.4, -0.2) is 40.1 Å². The van der Waals surface area contributed by atoms with Crippen molar-refractivity contribution in [3.05, 3.63) is 38.4 Å². The highest BCUT2D eigenvalue weighted by atomic mass is 16.6. The first-order valence-electron chi connectivity index (χ1n) is 7.34. The van der Waals surface area contributed by atoms with Gasteiger partial charge < -0.3 is 10.1 Å². The number of nitrogens with one attached hydrogen (secondary N) is 2. The number of carbonyl (C=O) groups is 2. The summed E-state index contributed by atoms with van der Waals surface area (Å²) in [5, 5.41) is 28.0. The summed E-state index contributed by atoms with van der Waals surface area (Å²) in [5.41, 5.74) is 1.31. The van der Waals surface area contributed by atoms with E-state index < -0.39 is 39.1 Å². The number of nitro benzene ring substituents is 2. The Bertz CT molecular complexity index is 762. The molecule has 0 aliphatic heterocycles. The molecular formula is C14H17N5O7. The van der Waals surface area contributed by atoms with Gasteiger partial charge in [0, 0.05) is 13.0 Å². The summed E-state index contributed by atoms with van der Waals surface area (Å²) in [6, 6.07) is 1.78. The second kappa shape index (κ2) is 9.05. The SMILES string of the molecule is CCOC(=O)[C@H](NC(C)=O)/C(C)=N\Nc1ccc([N+](=O)[O-])cc1[N+](=O)[O-]. The molecule has 12 nitrogen and oxygen atoms in total. The number of carbonyl (C=O) groups excluding carboxylic acids is 2. The predicted molar refractivity (Wildman–Crippen MR) is 90.7 cm³/mol. The van der Waals surface area contributed by atoms with Crippen LogP contribution in [0.3, 0.4) is 0 Å². The molecule has 0 aliphatic carbocycles. The normalized spacial score (nSPS) is 12.0. The van der Waals surface area contributed by atoms with Gasteiger partial charge in [0.15, 0.2) is 6.04 Å². The lowest BCUT2D eigenvalue weighted by Crippen LogP contribution is -2.46. The fourth-order valence-electron chi connectivity index (χ4n) is 1.85. The molecule has 1 aromatic carbocycles. The van der Waals surface area contributed by atoms with Crippen molar-refractivity contribution >= 4 is 34.7 Å². The third-order valence-corrected chi connectivity index (χ3v) is 3.03. The summed E-state index contributed by atoms with van der Waals surface area (Å²) in [4.78, 5) is 43.4. The second-order valence-electron chi connectivity index (χ2n) is 4.97. The highest BCUT2D eigenvalue weighted by Gasteiger charge is 2.25. The van der Waals surface area contributed by atoms with Crippen LogP contribution in [0.15, 0.2) is 23.3 Å². The van der Waals surface area contributed by atoms with E-state index >= 15 is 0 Å². The molecule has 26 heavy (non-hydrogen) atoms. The van der Waals surface area contributed by atoms with Gasteiger partial charge in [-0.1, -0.05) is 0 Å². The molecule has 0 spiro atoms. The molecule has 1 atom stereocenters. The number of nitrogens with zero attached hydrogens (tertiary/aromatic N) is 3. The molecule has 0 aliphatic rings. The monoisotopic (exact) mass is 367 g/mol. The van der Waals surface area contributed by atoms with Crippen molar-refractivity contribution in [3.63, 3.8) is 0 Å². The lowest BCUT2D eigenvalue weighted by atomic mass is 10.2. The number of anilines is 1. The fourth-order valence-corrected chi connectivity index (χ4v) is 1.85. The molecule has 0 heterocycles. The number of hydrogen-bond donors (Lipinski definition) is 2. The summed E-state index contributed by atoms with van der Waals surface area (Å²) in [6.07, 6.45) is 0. The van der Waals surface area contributed by atoms with Crippen molar-refractivity contribution in [3.8, 4) is 0 Å². The number of ether oxygens (including phenoxy) is 1. The Hall–Kier alpha value is -3.57. The Morgan fingerprint density at radius 1 is 1.23 bits per heavy atom. The van der Waals surface area contributed by atoms with Crippen molar-refractivity contribution in [2.45, 2.75) is 26.8 Å². The van der Waals surface area contributed by atoms with Crippen LogP contribution in [0.1, 0.15) is 20.8 Å². The molecule has 1 rings (SSSR count). The van der Waals surface area contributed by atoms with Crippen LogP contribution in [0.5, 0.6) is 0 Å². The predicted octanol–water partition coefficient (Wildman–Crippen LogP) is 1.36. The van der Waals surface area contributed by atoms with Gasteiger partial charge >= 0.3 is 11.7 Å². The molecule has 1 aromatic rings. The minimum absolute atomic E-state index is 0.0753. The quantitative estimate of drug-likeness (QED) is 0.300. The summed E-state index contributed by atoms with van der Waals surface area (Å²) in [6.45, 7) is 4.28. The first-order chi connectivity index (χ1) is 12.2. The largest absolute Gasteiger partial charge is 0.464 e. The Labute approximate surface area is 147 Å². The minimum atomic E-state index is -1.18. The Morgan fingerprint density at radius 2 is 1.88 bits per heavy atom. The highest BCUT2D eigenvalue weighted by Crippen LogP contribution is 2.28. The first kappa shape index (κ1) is 20.5. The Balaban J connectivity index is 3.12. The maximum absolute atomic E-state index is 11.9. The van der Waals surface area contributed by atoms with E-state index in [9.17, 15) is 29.8 Å². The van der Waals surface area contributed by atoms with Gasteiger partial charge in [-0.25, -0.2) is 4.79 Å². The minimum Gasteiger partial charge on any atom is -0.464 e. The maximum atomic E-state index is 11.9. The van der Waals surface area contributed by atoms with Gasteiger partial charge in [0.1, 0.15) is 5.69 Å². The van der Waals surface area contributed by atoms with Crippen molar-refractivity contribution in [2.75, 3.05) is 12.0 Å². The lowest BCUT2D eigenvalue weighted by molar-refractivity contribution is -0.393. The van der Waals surface area contributed by atoms with Gasteiger partial charge in [-0.3, -0.25) is 30.4 Å². The van der Waals surface area contributed by atoms with Gasteiger partial charge in [-0.05, 0) is 19.9 Å². The molecule has 0 saturated heterocycles. The zero-order valence-electron chi connectivity index (χ0n) is 14.2. The molecule has 140 valence electrons. The van der Waals surface area contributed by atoms with Crippen LogP contribution in [0, 0.1) is 20.2 Å². The van der Waals surface area contributed by atoms with Gasteiger partial charge in [0.2, 0.25) is 5.91 Å². The van der Waals surface area contributed by atoms with E-state index in [1.807, 2.05) is 0 Å². The van der Waals surface area contributed by atoms with E-state index in [1.165, 1.54) is 13.8 Å². The molecule has 0 fully saturated rings. The van der Waals surface area contributed by atoms with E-state index in [2.05, 4.69) is 15.8 Å². The van der Waals surface area contributed by atoms with Gasteiger partial charge in [-0.2, -0.15) is 5.10 Å². The van der Waals surface area contributed by atoms with Crippen LogP contribution in [0.25, 0.3) is 0 Å². The van der Waals surface area contributed by atoms with Gasteiger partial charge in [-0.15, -0.1) is 0 Å². The number of esters is 1. The van der Waals surface area contributed by atoms with E-state index in [0.29, 0.717) is 0 Å². The summed E-state index contributed by atoms with van der Waals surface area (Å²) < 4.78 is 4.84. The summed E-state index contributed by atoms with van der Waals surface area (Å²) in [5.74, 6) is -1.25. The number of hydrogen-bond acceptors (Lipinski definition) is 9. The average molecular weight is 367 g/mol. The molecule has 0 unspecified atom stereocenters. The third-order valence-electron chi connectivity index (χ3n) is 3.03. The lowest BCUT2D eigenvalue weighted by Gasteiger charge is -2.16. The smallest absolute Gasteiger partial charge is 0.334 e. The number of hydrazone groups is 1. The maximum Gasteiger partial charge on any atom is 0.334 e. The molecule has 0 bridgehead atoms. The van der Waals surface area contributed by atoms with Crippen LogP contribution in [0.2, 0.25) is 0 Å². The van der Waals surface area contributed by atoms with E-state index in [0.717, 1.165) is 18.2 Å². The Morgan fingerprint density at radius 3 is 2.38 bits per heavy atom. The zero-order chi connectivity index (χ0) is 19.9. The zero-order valence-corrected chi connectivity index (χ0v) is 14.2. The first-order valence-corrected chi connectivity index (χ1v) is 7.34. The molecule has 0 radical (unpaired) electrons. The molecule has 12 heteroatoms. The van der Waals surface area contributed by atoms with Gasteiger partial charge in [0.25, 0.3) is 5.69 Å². The number of rotatable bonds is 8. The molecular weight excluding hydrogens is 350 g/mol. The van der Waals surface area contributed by atoms with Crippen LogP contribution < -0.4 is 10.7 Å². The molecule has 1 amide bonds. The fraction of sp³-hybridized carbons (Fsp3) is 0.357. The average Bonchev–Trinajstić information content (AvgIpc) is 2.57. The summed E-state index contributed by atoms with van der Waals surface area (Å²) >= 11 is 0. The van der Waals surface area contributed by atoms with Crippen LogP contribution >= 0.6 is 0 Å². The Kier molecular flexibility index (Phi) is 7.13. The van der Waals surface area contributed by atoms with E-state index in [-0.39, 0.29) is 18.0 Å². The third kappa shape index (κ3) is 5.51. The van der Waals surface area contributed by atoms with Crippen LogP contribution in [-0.2, 0) is 14.3 Å². The van der Waals surface area contributed by atoms with E-state index in [1.54, 1.807) is 6.92 Å². The van der Waals surface area contributed by atoms with Crippen molar-refractivity contribution < 1.29 is 24.2 Å². The van der Waals surface area contributed by atoms with Crippen molar-refractivity contribution in [2.24, 2.45) is 5.10 Å². The number of amides is 1. The molecule has 0 saturated carbocycles. The van der Waals surface area contributed by atoms with Gasteiger partial charge in [0.05, 0.1) is 28.2 Å². The number of non-ortho nitro benzene ring substituents is 1. The highest BCUT2D eigenvalue weighted by molar-refractivity contribution is 6.07. The van der Waals surface area contributed by atoms with Crippen molar-refractivity contribution in [1.82, 2.24) is 5.32 Å². The van der Waals surface area contributed by atoms with Crippen molar-refractivity contribution in [1.29, 1.82) is 0 Å².